The topological polar surface area (TPSA) is 38.8 Å². The summed E-state index contributed by atoms with van der Waals surface area (Å²) in [4.78, 5) is 14.6. The van der Waals surface area contributed by atoms with Gasteiger partial charge < -0.3 is 14.4 Å². The van der Waals surface area contributed by atoms with Gasteiger partial charge in [0, 0.05) is 23.7 Å². The average molecular weight is 360 g/mol. The minimum atomic E-state index is -0.00000499. The van der Waals surface area contributed by atoms with Crippen LogP contribution in [0.25, 0.3) is 0 Å². The van der Waals surface area contributed by atoms with Crippen molar-refractivity contribution in [3.63, 3.8) is 0 Å². The summed E-state index contributed by atoms with van der Waals surface area (Å²) in [6, 6.07) is 11.1. The van der Waals surface area contributed by atoms with E-state index in [0.717, 1.165) is 23.5 Å². The molecule has 0 saturated carbocycles. The van der Waals surface area contributed by atoms with Gasteiger partial charge in [-0.05, 0) is 61.7 Å². The lowest BCUT2D eigenvalue weighted by atomic mass is 9.98. The molecule has 4 nitrogen and oxygen atoms in total. The SMILES string of the molecule is CCOc1cc2c(cc1OCC)CN(C(=O)c1cccc(Cl)c1)CC2. The Morgan fingerprint density at radius 3 is 2.40 bits per heavy atom. The fourth-order valence-corrected chi connectivity index (χ4v) is 3.27. The van der Waals surface area contributed by atoms with Crippen molar-refractivity contribution >= 4 is 17.5 Å². The first kappa shape index (κ1) is 17.6. The Balaban J connectivity index is 1.85. The van der Waals surface area contributed by atoms with Crippen molar-refractivity contribution in [1.82, 2.24) is 4.90 Å². The van der Waals surface area contributed by atoms with Gasteiger partial charge in [0.1, 0.15) is 0 Å². The molecule has 25 heavy (non-hydrogen) atoms. The number of nitrogens with zero attached hydrogens (tertiary/aromatic N) is 1. The van der Waals surface area contributed by atoms with E-state index in [9.17, 15) is 4.79 Å². The summed E-state index contributed by atoms with van der Waals surface area (Å²) in [5.74, 6) is 1.51. The number of hydrogen-bond donors (Lipinski definition) is 0. The molecule has 0 N–H and O–H groups in total. The number of hydrogen-bond acceptors (Lipinski definition) is 3. The Kier molecular flexibility index (Phi) is 5.49. The van der Waals surface area contributed by atoms with Crippen LogP contribution < -0.4 is 9.47 Å². The number of carbonyl (C=O) groups excluding carboxylic acids is 1. The maximum Gasteiger partial charge on any atom is 0.254 e. The fraction of sp³-hybridized carbons (Fsp3) is 0.350. The quantitative estimate of drug-likeness (QED) is 0.797. The predicted octanol–water partition coefficient (Wildman–Crippen LogP) is 4.34. The third-order valence-electron chi connectivity index (χ3n) is 4.24. The van der Waals surface area contributed by atoms with E-state index in [0.29, 0.717) is 36.9 Å². The maximum absolute atomic E-state index is 12.8. The van der Waals surface area contributed by atoms with Crippen LogP contribution in [0, 0.1) is 0 Å². The molecule has 1 aliphatic rings. The van der Waals surface area contributed by atoms with E-state index in [2.05, 4.69) is 0 Å². The summed E-state index contributed by atoms with van der Waals surface area (Å²) < 4.78 is 11.4. The molecule has 0 fully saturated rings. The van der Waals surface area contributed by atoms with Gasteiger partial charge in [-0.3, -0.25) is 4.79 Å². The lowest BCUT2D eigenvalue weighted by molar-refractivity contribution is 0.0734. The van der Waals surface area contributed by atoms with E-state index in [-0.39, 0.29) is 5.91 Å². The van der Waals surface area contributed by atoms with E-state index in [1.165, 1.54) is 5.56 Å². The molecular weight excluding hydrogens is 338 g/mol. The third-order valence-corrected chi connectivity index (χ3v) is 4.47. The van der Waals surface area contributed by atoms with E-state index >= 15 is 0 Å². The van der Waals surface area contributed by atoms with E-state index in [1.807, 2.05) is 30.9 Å². The summed E-state index contributed by atoms with van der Waals surface area (Å²) in [5.41, 5.74) is 2.93. The van der Waals surface area contributed by atoms with Crippen LogP contribution in [0.1, 0.15) is 35.3 Å². The lowest BCUT2D eigenvalue weighted by Gasteiger charge is -2.30. The molecule has 2 aromatic rings. The van der Waals surface area contributed by atoms with Gasteiger partial charge in [0.2, 0.25) is 0 Å². The summed E-state index contributed by atoms with van der Waals surface area (Å²) in [5, 5.41) is 0.572. The van der Waals surface area contributed by atoms with Crippen molar-refractivity contribution in [2.45, 2.75) is 26.8 Å². The first-order chi connectivity index (χ1) is 12.1. The molecule has 1 heterocycles. The summed E-state index contributed by atoms with van der Waals surface area (Å²) in [6.07, 6.45) is 0.800. The van der Waals surface area contributed by atoms with Crippen molar-refractivity contribution in [3.05, 3.63) is 58.1 Å². The van der Waals surface area contributed by atoms with Crippen molar-refractivity contribution in [2.75, 3.05) is 19.8 Å². The van der Waals surface area contributed by atoms with Gasteiger partial charge >= 0.3 is 0 Å². The number of amides is 1. The third kappa shape index (κ3) is 3.90. The molecule has 0 spiro atoms. The highest BCUT2D eigenvalue weighted by Crippen LogP contribution is 2.34. The van der Waals surface area contributed by atoms with Gasteiger partial charge in [-0.25, -0.2) is 0 Å². The fourth-order valence-electron chi connectivity index (χ4n) is 3.08. The molecule has 0 bridgehead atoms. The number of benzene rings is 2. The summed E-state index contributed by atoms with van der Waals surface area (Å²) >= 11 is 6.01. The summed E-state index contributed by atoms with van der Waals surface area (Å²) in [7, 11) is 0. The highest BCUT2D eigenvalue weighted by atomic mass is 35.5. The standard InChI is InChI=1S/C20H22ClNO3/c1-3-24-18-11-14-8-9-22(13-16(14)12-19(18)25-4-2)20(23)15-6-5-7-17(21)10-15/h5-7,10-12H,3-4,8-9,13H2,1-2H3. The molecule has 3 rings (SSSR count). The first-order valence-electron chi connectivity index (χ1n) is 8.58. The molecule has 0 aliphatic carbocycles. The average Bonchev–Trinajstić information content (AvgIpc) is 2.61. The molecule has 0 atom stereocenters. The number of halogens is 1. The lowest BCUT2D eigenvalue weighted by Crippen LogP contribution is -2.36. The molecule has 0 saturated heterocycles. The molecule has 132 valence electrons. The van der Waals surface area contributed by atoms with E-state index in [1.54, 1.807) is 24.3 Å². The second-order valence-electron chi connectivity index (χ2n) is 5.92. The minimum Gasteiger partial charge on any atom is -0.490 e. The molecule has 5 heteroatoms. The van der Waals surface area contributed by atoms with Gasteiger partial charge in [0.05, 0.1) is 13.2 Å². The zero-order valence-electron chi connectivity index (χ0n) is 14.5. The predicted molar refractivity (Wildman–Crippen MR) is 98.7 cm³/mol. The molecule has 0 aromatic heterocycles. The highest BCUT2D eigenvalue weighted by Gasteiger charge is 2.24. The van der Waals surface area contributed by atoms with E-state index in [4.69, 9.17) is 21.1 Å². The smallest absolute Gasteiger partial charge is 0.254 e. The number of rotatable bonds is 5. The Labute approximate surface area is 153 Å². The Morgan fingerprint density at radius 2 is 1.76 bits per heavy atom. The van der Waals surface area contributed by atoms with Gasteiger partial charge in [-0.15, -0.1) is 0 Å². The second-order valence-corrected chi connectivity index (χ2v) is 6.36. The Hall–Kier alpha value is -2.20. The van der Waals surface area contributed by atoms with Crippen LogP contribution in [0.15, 0.2) is 36.4 Å². The van der Waals surface area contributed by atoms with Gasteiger partial charge in [0.15, 0.2) is 11.5 Å². The molecule has 0 radical (unpaired) electrons. The Bertz CT molecular complexity index is 776. The van der Waals surface area contributed by atoms with Crippen LogP contribution in [-0.4, -0.2) is 30.6 Å². The van der Waals surface area contributed by atoms with Crippen molar-refractivity contribution in [2.24, 2.45) is 0 Å². The van der Waals surface area contributed by atoms with Gasteiger partial charge in [-0.1, -0.05) is 17.7 Å². The van der Waals surface area contributed by atoms with Crippen LogP contribution in [0.5, 0.6) is 11.5 Å². The van der Waals surface area contributed by atoms with E-state index < -0.39 is 0 Å². The van der Waals surface area contributed by atoms with Crippen LogP contribution in [0.3, 0.4) is 0 Å². The van der Waals surface area contributed by atoms with Crippen LogP contribution >= 0.6 is 11.6 Å². The minimum absolute atomic E-state index is 0.00000499. The van der Waals surface area contributed by atoms with Crippen molar-refractivity contribution in [1.29, 1.82) is 0 Å². The normalized spacial score (nSPS) is 13.3. The summed E-state index contributed by atoms with van der Waals surface area (Å²) in [6.45, 7) is 6.32. The van der Waals surface area contributed by atoms with Crippen LogP contribution in [0.2, 0.25) is 5.02 Å². The monoisotopic (exact) mass is 359 g/mol. The number of ether oxygens (including phenoxy) is 2. The molecule has 2 aromatic carbocycles. The first-order valence-corrected chi connectivity index (χ1v) is 8.96. The Morgan fingerprint density at radius 1 is 1.08 bits per heavy atom. The van der Waals surface area contributed by atoms with Crippen LogP contribution in [0.4, 0.5) is 0 Å². The molecule has 1 aliphatic heterocycles. The molecular formula is C20H22ClNO3. The highest BCUT2D eigenvalue weighted by molar-refractivity contribution is 6.30. The van der Waals surface area contributed by atoms with Gasteiger partial charge in [0.25, 0.3) is 5.91 Å². The maximum atomic E-state index is 12.8. The largest absolute Gasteiger partial charge is 0.490 e. The molecule has 0 unspecified atom stereocenters. The van der Waals surface area contributed by atoms with Crippen molar-refractivity contribution in [3.8, 4) is 11.5 Å². The number of carbonyl (C=O) groups is 1. The van der Waals surface area contributed by atoms with Gasteiger partial charge in [-0.2, -0.15) is 0 Å². The van der Waals surface area contributed by atoms with Crippen molar-refractivity contribution < 1.29 is 14.3 Å². The number of fused-ring (bicyclic) bond motifs is 1. The molecule has 1 amide bonds. The zero-order valence-corrected chi connectivity index (χ0v) is 15.3. The second kappa shape index (κ2) is 7.79. The zero-order chi connectivity index (χ0) is 17.8. The van der Waals surface area contributed by atoms with Crippen LogP contribution in [-0.2, 0) is 13.0 Å².